The highest BCUT2D eigenvalue weighted by Gasteiger charge is 2.46. The zero-order valence-electron chi connectivity index (χ0n) is 38.3. The summed E-state index contributed by atoms with van der Waals surface area (Å²) in [5.41, 5.74) is 8.82. The molecule has 3 N–H and O–H groups in total. The van der Waals surface area contributed by atoms with E-state index >= 15 is 0 Å². The summed E-state index contributed by atoms with van der Waals surface area (Å²) in [4.78, 5) is 75.0. The van der Waals surface area contributed by atoms with Crippen molar-refractivity contribution in [2.45, 2.75) is 57.0 Å². The van der Waals surface area contributed by atoms with Crippen LogP contribution >= 0.6 is 0 Å². The minimum absolute atomic E-state index is 0.0236. The second-order valence-corrected chi connectivity index (χ2v) is 16.6. The maximum Gasteiger partial charge on any atom is 0.266 e. The quantitative estimate of drug-likeness (QED) is 0.0454. The molecule has 3 aliphatic rings. The van der Waals surface area contributed by atoms with Crippen LogP contribution in [0.25, 0.3) is 22.3 Å². The lowest BCUT2D eigenvalue weighted by atomic mass is 10.0. The van der Waals surface area contributed by atoms with Gasteiger partial charge in [-0.25, -0.2) is 14.6 Å². The number of ether oxygens (including phenoxy) is 6. The van der Waals surface area contributed by atoms with Gasteiger partial charge in [0.15, 0.2) is 5.65 Å². The van der Waals surface area contributed by atoms with Crippen LogP contribution in [0.4, 0.5) is 5.82 Å². The normalized spacial score (nSPS) is 17.2. The Hall–Kier alpha value is -7.06. The molecule has 0 aliphatic carbocycles. The van der Waals surface area contributed by atoms with Crippen LogP contribution in [0.3, 0.4) is 0 Å². The van der Waals surface area contributed by atoms with Gasteiger partial charge in [0.1, 0.15) is 47.7 Å². The maximum absolute atomic E-state index is 13.3. The van der Waals surface area contributed by atoms with Gasteiger partial charge in [-0.15, -0.1) is 0 Å². The molecule has 362 valence electrons. The number of imide groups is 2. The van der Waals surface area contributed by atoms with Gasteiger partial charge in [-0.05, 0) is 93.1 Å². The van der Waals surface area contributed by atoms with Crippen molar-refractivity contribution >= 4 is 46.4 Å². The van der Waals surface area contributed by atoms with Crippen LogP contribution in [0.2, 0.25) is 0 Å². The van der Waals surface area contributed by atoms with Gasteiger partial charge in [-0.3, -0.25) is 34.2 Å². The van der Waals surface area contributed by atoms with Gasteiger partial charge < -0.3 is 39.1 Å². The first-order valence-corrected chi connectivity index (χ1v) is 23.3. The van der Waals surface area contributed by atoms with E-state index in [2.05, 4.69) is 15.3 Å². The van der Waals surface area contributed by atoms with Crippen LogP contribution in [-0.4, -0.2) is 138 Å². The Bertz CT molecular complexity index is 2620. The van der Waals surface area contributed by atoms with Crippen molar-refractivity contribution in [3.05, 3.63) is 102 Å². The van der Waals surface area contributed by atoms with Gasteiger partial charge in [-0.2, -0.15) is 5.10 Å². The summed E-state index contributed by atoms with van der Waals surface area (Å²) in [5.74, 6) is -0.321. The average molecular weight is 945 g/mol. The van der Waals surface area contributed by atoms with Gasteiger partial charge in [0, 0.05) is 31.7 Å². The number of para-hydroxylation sites is 1. The number of allylic oxidation sites excluding steroid dienone is 1. The van der Waals surface area contributed by atoms with E-state index in [1.54, 1.807) is 18.2 Å². The Labute approximate surface area is 398 Å². The number of carbonyl (C=O) groups is 5. The summed E-state index contributed by atoms with van der Waals surface area (Å²) in [5, 5.41) is 7.88. The van der Waals surface area contributed by atoms with Crippen LogP contribution in [0.15, 0.2) is 91.3 Å². The molecule has 69 heavy (non-hydrogen) atoms. The van der Waals surface area contributed by atoms with Gasteiger partial charge in [0.05, 0.1) is 68.8 Å². The Kier molecular flexibility index (Phi) is 16.7. The first-order chi connectivity index (χ1) is 33.8. The lowest BCUT2D eigenvalue weighted by Crippen LogP contribution is -2.54. The Morgan fingerprint density at radius 3 is 2.22 bits per heavy atom. The molecule has 0 radical (unpaired) electrons. The Morgan fingerprint density at radius 1 is 0.768 bits per heavy atom. The summed E-state index contributed by atoms with van der Waals surface area (Å²) in [6.07, 6.45) is 9.36. The number of hydrogen-bond acceptors (Lipinski definition) is 15. The minimum Gasteiger partial charge on any atom is -0.490 e. The lowest BCUT2D eigenvalue weighted by molar-refractivity contribution is -0.136. The summed E-state index contributed by atoms with van der Waals surface area (Å²) in [6.45, 7) is 4.51. The number of nitrogens with one attached hydrogen (secondary N) is 1. The number of unbranched alkanes of at least 4 members (excludes halogenated alkanes) is 2. The van der Waals surface area contributed by atoms with Crippen LogP contribution < -0.4 is 20.5 Å². The third-order valence-electron chi connectivity index (χ3n) is 11.9. The van der Waals surface area contributed by atoms with Crippen LogP contribution in [0, 0.1) is 0 Å². The number of anilines is 1. The largest absolute Gasteiger partial charge is 0.490 e. The molecule has 0 bridgehead atoms. The number of nitrogen functional groups attached to an aromatic ring is 1. The highest BCUT2D eigenvalue weighted by Crippen LogP contribution is 2.36. The SMILES string of the molecule is Nc1ncnc2c1c(-c1ccc(Oc3ccccc3)cc1)nn2[C@@H]1CCCN(C(=O)/C=C/CCCCOCCOCCOCCOCCOc2cccc3c2C(=O)N(C2CCC(=O)NC2=O)C3=O)C1. The van der Waals surface area contributed by atoms with Gasteiger partial charge in [-0.1, -0.05) is 30.3 Å². The Morgan fingerprint density at radius 2 is 1.48 bits per heavy atom. The first kappa shape index (κ1) is 48.4. The number of rotatable bonds is 24. The molecule has 0 saturated carbocycles. The highest BCUT2D eigenvalue weighted by atomic mass is 16.6. The van der Waals surface area contributed by atoms with Gasteiger partial charge >= 0.3 is 0 Å². The zero-order valence-corrected chi connectivity index (χ0v) is 38.3. The van der Waals surface area contributed by atoms with E-state index in [1.807, 2.05) is 70.3 Å². The number of aromatic nitrogens is 4. The molecule has 5 aromatic rings. The number of hydrogen-bond donors (Lipinski definition) is 2. The second kappa shape index (κ2) is 23.8. The smallest absolute Gasteiger partial charge is 0.266 e. The fourth-order valence-corrected chi connectivity index (χ4v) is 8.44. The molecule has 0 spiro atoms. The number of piperidine rings is 2. The first-order valence-electron chi connectivity index (χ1n) is 23.3. The molecule has 3 aromatic carbocycles. The molecular weight excluding hydrogens is 889 g/mol. The van der Waals surface area contributed by atoms with Crippen LogP contribution in [0.5, 0.6) is 17.2 Å². The summed E-state index contributed by atoms with van der Waals surface area (Å²) >= 11 is 0. The van der Waals surface area contributed by atoms with E-state index in [0.29, 0.717) is 87.6 Å². The van der Waals surface area contributed by atoms with Crippen molar-refractivity contribution in [3.8, 4) is 28.5 Å². The van der Waals surface area contributed by atoms with Crippen molar-refractivity contribution in [3.63, 3.8) is 0 Å². The molecule has 19 heteroatoms. The van der Waals surface area contributed by atoms with Crippen LogP contribution in [-0.2, 0) is 33.3 Å². The number of likely N-dealkylation sites (tertiary alicyclic amines) is 1. The fourth-order valence-electron chi connectivity index (χ4n) is 8.44. The summed E-state index contributed by atoms with van der Waals surface area (Å²) in [7, 11) is 0. The van der Waals surface area contributed by atoms with E-state index in [4.69, 9.17) is 39.3 Å². The monoisotopic (exact) mass is 944 g/mol. The maximum atomic E-state index is 13.3. The number of carbonyl (C=O) groups excluding carboxylic acids is 5. The predicted molar refractivity (Wildman–Crippen MR) is 251 cm³/mol. The molecule has 1 unspecified atom stereocenters. The summed E-state index contributed by atoms with van der Waals surface area (Å²) < 4.78 is 36.1. The van der Waals surface area contributed by atoms with Crippen molar-refractivity contribution in [2.24, 2.45) is 0 Å². The number of nitrogens with two attached hydrogens (primary N) is 1. The third-order valence-corrected chi connectivity index (χ3v) is 11.9. The van der Waals surface area contributed by atoms with E-state index in [-0.39, 0.29) is 54.9 Å². The zero-order chi connectivity index (χ0) is 48.0. The molecule has 8 rings (SSSR count). The van der Waals surface area contributed by atoms with E-state index in [1.165, 1.54) is 12.4 Å². The average Bonchev–Trinajstić information content (AvgIpc) is 3.88. The molecule has 2 atom stereocenters. The Balaban J connectivity index is 0.651. The number of benzene rings is 3. The standard InChI is InChI=1S/C50H56N8O11/c51-46-44-45(34-16-18-37(19-17-34)69-36-11-4-3-5-12-36)55-58(47(44)53-33-52-46)35-10-9-22-56(32-35)42(60)15-6-1-2-7-23-64-24-25-65-26-27-66-28-29-67-30-31-68-40-14-8-13-38-43(40)50(63)57(49(38)62)39-20-21-41(59)54-48(39)61/h3-6,8,11-19,33,35,39H,1-2,7,9-10,20-32H2,(H2,51,52,53)(H,54,59,61)/b15-6+/t35-,39?/m1/s1. The van der Waals surface area contributed by atoms with Gasteiger partial charge in [0.2, 0.25) is 17.7 Å². The molecule has 19 nitrogen and oxygen atoms in total. The molecular formula is C50H56N8O11. The van der Waals surface area contributed by atoms with E-state index < -0.39 is 29.7 Å². The van der Waals surface area contributed by atoms with Crippen LogP contribution in [0.1, 0.15) is 71.7 Å². The third kappa shape index (κ3) is 12.2. The number of fused-ring (bicyclic) bond motifs is 2. The molecule has 5 heterocycles. The molecule has 5 amide bonds. The number of nitrogens with zero attached hydrogens (tertiary/aromatic N) is 6. The van der Waals surface area contributed by atoms with Crippen molar-refractivity contribution < 1.29 is 52.4 Å². The predicted octanol–water partition coefficient (Wildman–Crippen LogP) is 5.30. The minimum atomic E-state index is -1.05. The summed E-state index contributed by atoms with van der Waals surface area (Å²) in [6, 6.07) is 20.9. The fraction of sp³-hybridized carbons (Fsp3) is 0.400. The van der Waals surface area contributed by atoms with Crippen molar-refractivity contribution in [1.29, 1.82) is 0 Å². The topological polar surface area (TPSA) is 229 Å². The highest BCUT2D eigenvalue weighted by molar-refractivity contribution is 6.24. The van der Waals surface area contributed by atoms with Crippen molar-refractivity contribution in [1.82, 2.24) is 34.9 Å². The van der Waals surface area contributed by atoms with Gasteiger partial charge in [0.25, 0.3) is 11.8 Å². The molecule has 2 aromatic heterocycles. The van der Waals surface area contributed by atoms with E-state index in [0.717, 1.165) is 48.3 Å². The molecule has 2 saturated heterocycles. The van der Waals surface area contributed by atoms with E-state index in [9.17, 15) is 24.0 Å². The lowest BCUT2D eigenvalue weighted by Gasteiger charge is -2.32. The van der Waals surface area contributed by atoms with Crippen molar-refractivity contribution in [2.75, 3.05) is 78.3 Å². The number of amides is 5. The molecule has 2 fully saturated rings. The second-order valence-electron chi connectivity index (χ2n) is 16.6. The molecule has 3 aliphatic heterocycles.